The highest BCUT2D eigenvalue weighted by Gasteiger charge is 2.49. The Morgan fingerprint density at radius 1 is 1.07 bits per heavy atom. The van der Waals surface area contributed by atoms with Crippen molar-refractivity contribution >= 4 is 10.1 Å². The van der Waals surface area contributed by atoms with Gasteiger partial charge in [-0.25, -0.2) is 0 Å². The lowest BCUT2D eigenvalue weighted by atomic mass is 10.0. The lowest BCUT2D eigenvalue weighted by Gasteiger charge is -2.27. The molecular weight excluding hydrogens is 387 g/mol. The number of halogens is 3. The molecule has 1 saturated heterocycles. The smallest absolute Gasteiger partial charge is 0.493 e. The van der Waals surface area contributed by atoms with E-state index in [1.54, 1.807) is 6.92 Å². The second-order valence-electron chi connectivity index (χ2n) is 6.23. The van der Waals surface area contributed by atoms with Crippen LogP contribution in [0, 0.1) is 0 Å². The molecule has 0 bridgehead atoms. The average molecular weight is 411 g/mol. The first-order valence-corrected chi connectivity index (χ1v) is 10.1. The molecule has 6 nitrogen and oxygen atoms in total. The van der Waals surface area contributed by atoms with Gasteiger partial charge in [-0.15, -0.1) is 0 Å². The normalized spacial score (nSPS) is 16.3. The lowest BCUT2D eigenvalue weighted by Crippen LogP contribution is -2.30. The van der Waals surface area contributed by atoms with Crippen LogP contribution in [0.5, 0.6) is 11.5 Å². The van der Waals surface area contributed by atoms with Gasteiger partial charge >= 0.3 is 15.6 Å². The van der Waals surface area contributed by atoms with Crippen LogP contribution in [0.1, 0.15) is 37.3 Å². The van der Waals surface area contributed by atoms with Gasteiger partial charge in [0.2, 0.25) is 0 Å². The summed E-state index contributed by atoms with van der Waals surface area (Å²) in [7, 11) is -4.55. The lowest BCUT2D eigenvalue weighted by molar-refractivity contribution is -0.0500. The van der Waals surface area contributed by atoms with Gasteiger partial charge in [0.1, 0.15) is 0 Å². The number of methoxy groups -OCH3 is 1. The molecule has 1 aromatic carbocycles. The molecule has 0 aromatic heterocycles. The van der Waals surface area contributed by atoms with Crippen molar-refractivity contribution in [2.24, 2.45) is 0 Å². The molecule has 0 spiro atoms. The summed E-state index contributed by atoms with van der Waals surface area (Å²) in [6, 6.07) is 2.77. The molecule has 1 fully saturated rings. The number of benzene rings is 1. The first-order chi connectivity index (χ1) is 12.7. The first kappa shape index (κ1) is 21.8. The van der Waals surface area contributed by atoms with E-state index in [9.17, 15) is 21.6 Å². The summed E-state index contributed by atoms with van der Waals surface area (Å²) >= 11 is 0. The fraction of sp³-hybridized carbons (Fsp3) is 0.647. The number of likely N-dealkylation sites (tertiary alicyclic amines) is 1. The summed E-state index contributed by atoms with van der Waals surface area (Å²) in [6.07, 6.45) is 3.35. The molecule has 0 amide bonds. The summed E-state index contributed by atoms with van der Waals surface area (Å²) in [5.41, 5.74) is -4.15. The number of rotatable bonds is 8. The van der Waals surface area contributed by atoms with E-state index in [4.69, 9.17) is 9.47 Å². The Morgan fingerprint density at radius 3 is 2.26 bits per heavy atom. The van der Waals surface area contributed by atoms with Crippen molar-refractivity contribution < 1.29 is 35.2 Å². The Morgan fingerprint density at radius 2 is 1.70 bits per heavy atom. The minimum atomic E-state index is -5.79. The number of hydrogen-bond acceptors (Lipinski definition) is 6. The van der Waals surface area contributed by atoms with Crippen LogP contribution in [0.15, 0.2) is 12.1 Å². The van der Waals surface area contributed by atoms with E-state index in [1.165, 1.54) is 25.7 Å². The summed E-state index contributed by atoms with van der Waals surface area (Å²) in [5, 5.41) is 0. The van der Waals surface area contributed by atoms with Gasteiger partial charge < -0.3 is 13.7 Å². The van der Waals surface area contributed by atoms with E-state index in [1.807, 2.05) is 0 Å². The maximum Gasteiger partial charge on any atom is 0.534 e. The summed E-state index contributed by atoms with van der Waals surface area (Å²) in [4.78, 5) is 2.24. The molecular formula is C17H24F3NO5S. The predicted molar refractivity (Wildman–Crippen MR) is 93.1 cm³/mol. The molecule has 1 aliphatic rings. The molecule has 1 aromatic rings. The largest absolute Gasteiger partial charge is 0.534 e. The van der Waals surface area contributed by atoms with E-state index >= 15 is 0 Å². The van der Waals surface area contributed by atoms with Crippen molar-refractivity contribution in [1.29, 1.82) is 0 Å². The standard InChI is InChI=1S/C17H24F3NO5S/c1-3-25-12-14-10-16(26-27(22,23)17(18,19)20)15(24-2)9-13(14)11-21-7-5-4-6-8-21/h9-10H,3-8,11-12H2,1-2H3. The summed E-state index contributed by atoms with van der Waals surface area (Å²) in [5.74, 6) is -0.581. The number of piperidine rings is 1. The van der Waals surface area contributed by atoms with Crippen molar-refractivity contribution in [2.75, 3.05) is 26.8 Å². The van der Waals surface area contributed by atoms with E-state index in [-0.39, 0.29) is 12.4 Å². The van der Waals surface area contributed by atoms with E-state index < -0.39 is 21.4 Å². The zero-order valence-electron chi connectivity index (χ0n) is 15.3. The second-order valence-corrected chi connectivity index (χ2v) is 7.77. The van der Waals surface area contributed by atoms with Crippen molar-refractivity contribution in [2.45, 2.75) is 44.8 Å². The minimum absolute atomic E-state index is 0.0740. The number of hydrogen-bond donors (Lipinski definition) is 0. The van der Waals surface area contributed by atoms with E-state index in [0.717, 1.165) is 31.5 Å². The molecule has 0 unspecified atom stereocenters. The minimum Gasteiger partial charge on any atom is -0.493 e. The SMILES string of the molecule is CCOCc1cc(OS(=O)(=O)C(F)(F)F)c(OC)cc1CN1CCCCC1. The van der Waals surface area contributed by atoms with Crippen LogP contribution in [0.3, 0.4) is 0 Å². The molecule has 0 radical (unpaired) electrons. The van der Waals surface area contributed by atoms with Crippen molar-refractivity contribution in [3.05, 3.63) is 23.3 Å². The maximum absolute atomic E-state index is 12.7. The molecule has 1 aliphatic heterocycles. The average Bonchev–Trinajstić information content (AvgIpc) is 2.61. The predicted octanol–water partition coefficient (Wildman–Crippen LogP) is 3.45. The number of nitrogens with zero attached hydrogens (tertiary/aromatic N) is 1. The van der Waals surface area contributed by atoms with Gasteiger partial charge in [-0.1, -0.05) is 6.42 Å². The van der Waals surface area contributed by atoms with Gasteiger partial charge in [0.25, 0.3) is 0 Å². The third-order valence-electron chi connectivity index (χ3n) is 4.27. The summed E-state index contributed by atoms with van der Waals surface area (Å²) < 4.78 is 75.5. The van der Waals surface area contributed by atoms with Gasteiger partial charge in [-0.3, -0.25) is 4.90 Å². The second kappa shape index (κ2) is 9.11. The number of alkyl halides is 3. The van der Waals surface area contributed by atoms with Crippen molar-refractivity contribution in [1.82, 2.24) is 4.90 Å². The molecule has 0 atom stereocenters. The number of ether oxygens (including phenoxy) is 2. The first-order valence-electron chi connectivity index (χ1n) is 8.68. The highest BCUT2D eigenvalue weighted by atomic mass is 32.2. The quantitative estimate of drug-likeness (QED) is 0.482. The molecule has 0 saturated carbocycles. The van der Waals surface area contributed by atoms with Gasteiger partial charge in [-0.05, 0) is 56.1 Å². The van der Waals surface area contributed by atoms with Crippen LogP contribution in [0.2, 0.25) is 0 Å². The van der Waals surface area contributed by atoms with Crippen LogP contribution in [-0.4, -0.2) is 45.6 Å². The van der Waals surface area contributed by atoms with Crippen LogP contribution < -0.4 is 8.92 Å². The van der Waals surface area contributed by atoms with Crippen LogP contribution in [0.25, 0.3) is 0 Å². The van der Waals surface area contributed by atoms with Gasteiger partial charge in [0, 0.05) is 13.2 Å². The highest BCUT2D eigenvalue weighted by Crippen LogP contribution is 2.36. The van der Waals surface area contributed by atoms with Gasteiger partial charge in [-0.2, -0.15) is 21.6 Å². The highest BCUT2D eigenvalue weighted by molar-refractivity contribution is 7.88. The zero-order valence-corrected chi connectivity index (χ0v) is 16.2. The Bertz CT molecular complexity index is 731. The Balaban J connectivity index is 2.37. The van der Waals surface area contributed by atoms with Crippen LogP contribution in [-0.2, 0) is 28.0 Å². The van der Waals surface area contributed by atoms with Crippen LogP contribution >= 0.6 is 0 Å². The van der Waals surface area contributed by atoms with Crippen molar-refractivity contribution in [3.8, 4) is 11.5 Å². The molecule has 154 valence electrons. The Kier molecular flexibility index (Phi) is 7.35. The van der Waals surface area contributed by atoms with Gasteiger partial charge in [0.05, 0.1) is 13.7 Å². The molecule has 1 heterocycles. The molecule has 0 N–H and O–H groups in total. The third kappa shape index (κ3) is 5.73. The third-order valence-corrected chi connectivity index (χ3v) is 5.24. The van der Waals surface area contributed by atoms with E-state index in [0.29, 0.717) is 18.7 Å². The van der Waals surface area contributed by atoms with E-state index in [2.05, 4.69) is 9.08 Å². The van der Waals surface area contributed by atoms with Gasteiger partial charge in [0.15, 0.2) is 11.5 Å². The van der Waals surface area contributed by atoms with Crippen molar-refractivity contribution in [3.63, 3.8) is 0 Å². The Hall–Kier alpha value is -1.52. The molecule has 27 heavy (non-hydrogen) atoms. The molecule has 0 aliphatic carbocycles. The summed E-state index contributed by atoms with van der Waals surface area (Å²) in [6.45, 7) is 4.76. The zero-order chi connectivity index (χ0) is 20.1. The topological polar surface area (TPSA) is 65.1 Å². The Labute approximate surface area is 157 Å². The molecule has 2 rings (SSSR count). The maximum atomic E-state index is 12.7. The monoisotopic (exact) mass is 411 g/mol. The fourth-order valence-electron chi connectivity index (χ4n) is 2.89. The fourth-order valence-corrected chi connectivity index (χ4v) is 3.35. The molecule has 10 heteroatoms. The van der Waals surface area contributed by atoms with Crippen LogP contribution in [0.4, 0.5) is 13.2 Å².